The van der Waals surface area contributed by atoms with E-state index in [1.54, 1.807) is 18.2 Å². The highest BCUT2D eigenvalue weighted by molar-refractivity contribution is 5.70. The topological polar surface area (TPSA) is 64.7 Å². The fraction of sp³-hybridized carbons (Fsp3) is 0.500. The second kappa shape index (κ2) is 7.94. The third-order valence-electron chi connectivity index (χ3n) is 5.04. The number of hydrogen-bond acceptors (Lipinski definition) is 5. The van der Waals surface area contributed by atoms with Crippen LogP contribution in [0.4, 0.5) is 8.78 Å². The van der Waals surface area contributed by atoms with E-state index >= 15 is 0 Å². The van der Waals surface area contributed by atoms with Crippen molar-refractivity contribution in [2.75, 3.05) is 0 Å². The number of aliphatic hydroxyl groups excluding tert-OH is 1. The van der Waals surface area contributed by atoms with E-state index in [9.17, 15) is 13.9 Å². The molecule has 1 radical (unpaired) electrons. The number of aromatic nitrogens is 1. The minimum atomic E-state index is -2.91. The molecule has 1 aromatic carbocycles. The van der Waals surface area contributed by atoms with Gasteiger partial charge in [-0.1, -0.05) is 17.3 Å². The van der Waals surface area contributed by atoms with Crippen LogP contribution in [0.25, 0.3) is 11.3 Å². The number of halogens is 2. The molecule has 0 unspecified atom stereocenters. The van der Waals surface area contributed by atoms with Gasteiger partial charge in [-0.05, 0) is 50.7 Å². The summed E-state index contributed by atoms with van der Waals surface area (Å²) in [5.74, 6) is 1.16. The van der Waals surface area contributed by atoms with Gasteiger partial charge in [0.25, 0.3) is 0 Å². The quantitative estimate of drug-likeness (QED) is 0.771. The molecule has 1 heterocycles. The number of rotatable bonds is 7. The van der Waals surface area contributed by atoms with Gasteiger partial charge in [-0.15, -0.1) is 0 Å². The minimum absolute atomic E-state index is 0.0239. The van der Waals surface area contributed by atoms with Gasteiger partial charge >= 0.3 is 6.61 Å². The van der Waals surface area contributed by atoms with Crippen molar-refractivity contribution in [1.82, 2.24) is 5.16 Å². The molecule has 1 N–H and O–H groups in total. The Bertz CT molecular complexity index is 767. The van der Waals surface area contributed by atoms with Gasteiger partial charge in [-0.25, -0.2) is 0 Å². The lowest BCUT2D eigenvalue weighted by molar-refractivity contribution is -0.0494. The molecule has 5 nitrogen and oxygen atoms in total. The van der Waals surface area contributed by atoms with E-state index in [-0.39, 0.29) is 18.0 Å². The van der Waals surface area contributed by atoms with Crippen molar-refractivity contribution in [1.29, 1.82) is 0 Å². The van der Waals surface area contributed by atoms with E-state index in [0.717, 1.165) is 30.6 Å². The SMILES string of the molecule is O[C@H]1[CH]C[C@H](OCc2c(-c3ccccc3OC(F)F)noc2C2CC2)CC1. The molecule has 0 aliphatic heterocycles. The Morgan fingerprint density at radius 2 is 2.00 bits per heavy atom. The number of ether oxygens (including phenoxy) is 2. The number of aliphatic hydroxyl groups is 1. The number of hydrogen-bond donors (Lipinski definition) is 1. The zero-order chi connectivity index (χ0) is 18.8. The summed E-state index contributed by atoms with van der Waals surface area (Å²) in [6.45, 7) is -2.62. The lowest BCUT2D eigenvalue weighted by atomic mass is 9.95. The number of nitrogens with zero attached hydrogens (tertiary/aromatic N) is 1. The van der Waals surface area contributed by atoms with Crippen LogP contribution in [0.2, 0.25) is 0 Å². The van der Waals surface area contributed by atoms with Crippen LogP contribution in [0.5, 0.6) is 5.75 Å². The van der Waals surface area contributed by atoms with Gasteiger partial charge in [0.05, 0.1) is 18.8 Å². The molecule has 0 amide bonds. The van der Waals surface area contributed by atoms with Crippen molar-refractivity contribution in [2.45, 2.75) is 63.4 Å². The first-order chi connectivity index (χ1) is 13.1. The Kier molecular flexibility index (Phi) is 5.41. The molecule has 145 valence electrons. The second-order valence-electron chi connectivity index (χ2n) is 7.07. The van der Waals surface area contributed by atoms with E-state index in [0.29, 0.717) is 36.6 Å². The molecule has 27 heavy (non-hydrogen) atoms. The lowest BCUT2D eigenvalue weighted by Crippen LogP contribution is -2.24. The maximum absolute atomic E-state index is 12.8. The van der Waals surface area contributed by atoms with E-state index in [4.69, 9.17) is 9.26 Å². The van der Waals surface area contributed by atoms with Crippen molar-refractivity contribution in [3.8, 4) is 17.0 Å². The molecule has 7 heteroatoms. The Morgan fingerprint density at radius 1 is 1.19 bits per heavy atom. The molecule has 0 spiro atoms. The van der Waals surface area contributed by atoms with Gasteiger partial charge in [0.1, 0.15) is 17.2 Å². The van der Waals surface area contributed by atoms with Gasteiger partial charge in [-0.3, -0.25) is 0 Å². The summed E-state index contributed by atoms with van der Waals surface area (Å²) >= 11 is 0. The van der Waals surface area contributed by atoms with Crippen molar-refractivity contribution >= 4 is 0 Å². The Morgan fingerprint density at radius 3 is 2.70 bits per heavy atom. The van der Waals surface area contributed by atoms with E-state index < -0.39 is 6.61 Å². The Hall–Kier alpha value is -1.99. The van der Waals surface area contributed by atoms with Crippen molar-refractivity contribution < 1.29 is 27.9 Å². The van der Waals surface area contributed by atoms with Gasteiger partial charge in [0.2, 0.25) is 0 Å². The van der Waals surface area contributed by atoms with Crippen LogP contribution in [-0.2, 0) is 11.3 Å². The summed E-state index contributed by atoms with van der Waals surface area (Å²) in [4.78, 5) is 0. The van der Waals surface area contributed by atoms with Crippen molar-refractivity contribution in [3.63, 3.8) is 0 Å². The highest BCUT2D eigenvalue weighted by Crippen LogP contribution is 2.45. The first-order valence-corrected chi connectivity index (χ1v) is 9.27. The van der Waals surface area contributed by atoms with E-state index in [1.807, 2.05) is 6.42 Å². The third kappa shape index (κ3) is 4.30. The fourth-order valence-electron chi connectivity index (χ4n) is 3.45. The number of alkyl halides is 2. The molecule has 2 fully saturated rings. The summed E-state index contributed by atoms with van der Waals surface area (Å²) < 4.78 is 41.8. The zero-order valence-corrected chi connectivity index (χ0v) is 14.8. The molecule has 2 aliphatic carbocycles. The zero-order valence-electron chi connectivity index (χ0n) is 14.8. The van der Waals surface area contributed by atoms with Crippen LogP contribution in [0.15, 0.2) is 28.8 Å². The molecule has 1 aromatic heterocycles. The predicted molar refractivity (Wildman–Crippen MR) is 93.3 cm³/mol. The smallest absolute Gasteiger partial charge is 0.387 e. The van der Waals surface area contributed by atoms with Crippen LogP contribution in [-0.4, -0.2) is 29.1 Å². The molecule has 2 aromatic rings. The van der Waals surface area contributed by atoms with Gasteiger partial charge < -0.3 is 19.1 Å². The van der Waals surface area contributed by atoms with Crippen molar-refractivity contribution in [2.24, 2.45) is 0 Å². The maximum atomic E-state index is 12.8. The molecule has 4 rings (SSSR count). The number of para-hydroxylation sites is 1. The Balaban J connectivity index is 1.58. The van der Waals surface area contributed by atoms with Gasteiger partial charge in [0, 0.05) is 17.0 Å². The molecule has 0 bridgehead atoms. The van der Waals surface area contributed by atoms with Crippen LogP contribution in [0.3, 0.4) is 0 Å². The first-order valence-electron chi connectivity index (χ1n) is 9.27. The number of benzene rings is 1. The van der Waals surface area contributed by atoms with E-state index in [1.165, 1.54) is 6.07 Å². The van der Waals surface area contributed by atoms with Crippen LogP contribution in [0, 0.1) is 6.42 Å². The van der Waals surface area contributed by atoms with E-state index in [2.05, 4.69) is 9.89 Å². The monoisotopic (exact) mass is 378 g/mol. The third-order valence-corrected chi connectivity index (χ3v) is 5.04. The summed E-state index contributed by atoms with van der Waals surface area (Å²) in [7, 11) is 0. The van der Waals surface area contributed by atoms with Crippen LogP contribution >= 0.6 is 0 Å². The maximum Gasteiger partial charge on any atom is 0.387 e. The van der Waals surface area contributed by atoms with Gasteiger partial charge in [-0.2, -0.15) is 8.78 Å². The average Bonchev–Trinajstić information content (AvgIpc) is 3.41. The molecule has 2 saturated carbocycles. The van der Waals surface area contributed by atoms with Gasteiger partial charge in [0.15, 0.2) is 0 Å². The summed E-state index contributed by atoms with van der Waals surface area (Å²) in [5, 5.41) is 13.8. The highest BCUT2D eigenvalue weighted by Gasteiger charge is 2.34. The average molecular weight is 378 g/mol. The molecule has 2 atom stereocenters. The predicted octanol–water partition coefficient (Wildman–Crippen LogP) is 4.45. The summed E-state index contributed by atoms with van der Waals surface area (Å²) in [5.41, 5.74) is 1.76. The molecule has 0 saturated heterocycles. The summed E-state index contributed by atoms with van der Waals surface area (Å²) in [6, 6.07) is 6.58. The van der Waals surface area contributed by atoms with Crippen LogP contribution < -0.4 is 4.74 Å². The largest absolute Gasteiger partial charge is 0.434 e. The molecular weight excluding hydrogens is 356 g/mol. The Labute approximate surface area is 156 Å². The first kappa shape index (κ1) is 18.4. The standard InChI is InChI=1S/C20H22F2NO4/c21-20(22)26-17-4-2-1-3-15(17)18-16(19(27-23-18)12-5-6-12)11-25-14-9-7-13(24)8-10-14/h1-4,7,12-14,20,24H,5-6,8-11H2/t13-,14-/m0/s1. The lowest BCUT2D eigenvalue weighted by Gasteiger charge is -2.25. The fourth-order valence-corrected chi connectivity index (χ4v) is 3.45. The minimum Gasteiger partial charge on any atom is -0.434 e. The summed E-state index contributed by atoms with van der Waals surface area (Å²) in [6.07, 6.45) is 5.72. The molecular formula is C20H22F2NO4. The van der Waals surface area contributed by atoms with Crippen LogP contribution in [0.1, 0.15) is 49.3 Å². The second-order valence-corrected chi connectivity index (χ2v) is 7.07. The molecule has 2 aliphatic rings. The van der Waals surface area contributed by atoms with Crippen molar-refractivity contribution in [3.05, 3.63) is 42.0 Å². The highest BCUT2D eigenvalue weighted by atomic mass is 19.3. The normalized spacial score (nSPS) is 23.0.